The summed E-state index contributed by atoms with van der Waals surface area (Å²) < 4.78 is 0.754. The van der Waals surface area contributed by atoms with Crippen molar-refractivity contribution in [2.24, 2.45) is 0 Å². The van der Waals surface area contributed by atoms with Crippen molar-refractivity contribution in [3.8, 4) is 0 Å². The van der Waals surface area contributed by atoms with Crippen molar-refractivity contribution in [1.29, 1.82) is 0 Å². The van der Waals surface area contributed by atoms with Crippen LogP contribution in [0.2, 0.25) is 0 Å². The van der Waals surface area contributed by atoms with Crippen molar-refractivity contribution in [2.45, 2.75) is 6.61 Å². The van der Waals surface area contributed by atoms with Crippen LogP contribution in [0.15, 0.2) is 12.1 Å². The molecule has 0 radical (unpaired) electrons. The number of aliphatic hydroxyl groups is 1. The summed E-state index contributed by atoms with van der Waals surface area (Å²) in [5.41, 5.74) is 0.338. The molecule has 0 unspecified atom stereocenters. The molecule has 0 aromatic carbocycles. The summed E-state index contributed by atoms with van der Waals surface area (Å²) in [7, 11) is 0. The smallest absolute Gasteiger partial charge is 0.354 e. The summed E-state index contributed by atoms with van der Waals surface area (Å²) in [6.45, 7) is -0.239. The van der Waals surface area contributed by atoms with Gasteiger partial charge in [-0.2, -0.15) is 0 Å². The van der Waals surface area contributed by atoms with E-state index in [4.69, 9.17) is 10.2 Å². The lowest BCUT2D eigenvalue weighted by atomic mass is 10.3. The number of aromatic carboxylic acids is 1. The predicted molar refractivity (Wildman–Crippen MR) is 49.8 cm³/mol. The zero-order valence-corrected chi connectivity index (χ0v) is 8.15. The molecule has 1 aromatic rings. The number of aromatic nitrogens is 1. The van der Waals surface area contributed by atoms with Crippen molar-refractivity contribution in [3.05, 3.63) is 27.1 Å². The van der Waals surface area contributed by atoms with Gasteiger partial charge in [0.15, 0.2) is 0 Å². The van der Waals surface area contributed by atoms with E-state index in [1.807, 2.05) is 22.6 Å². The summed E-state index contributed by atoms with van der Waals surface area (Å²) in [6, 6.07) is 3.08. The first-order chi connectivity index (χ1) is 5.63. The Bertz CT molecular complexity index is 314. The number of aliphatic hydroxyl groups excluding tert-OH is 1. The molecule has 0 aliphatic rings. The van der Waals surface area contributed by atoms with E-state index in [9.17, 15) is 4.79 Å². The molecule has 0 aliphatic carbocycles. The van der Waals surface area contributed by atoms with Crippen LogP contribution in [0.5, 0.6) is 0 Å². The van der Waals surface area contributed by atoms with E-state index in [1.54, 1.807) is 6.07 Å². The second-order valence-electron chi connectivity index (χ2n) is 2.13. The van der Waals surface area contributed by atoms with Crippen LogP contribution in [0.25, 0.3) is 0 Å². The van der Waals surface area contributed by atoms with Crippen molar-refractivity contribution >= 4 is 28.6 Å². The zero-order chi connectivity index (χ0) is 9.14. The third-order valence-electron chi connectivity index (χ3n) is 1.22. The maximum atomic E-state index is 10.5. The maximum absolute atomic E-state index is 10.5. The number of carbonyl (C=O) groups is 1. The first-order valence-corrected chi connectivity index (χ1v) is 4.22. The van der Waals surface area contributed by atoms with Gasteiger partial charge in [-0.3, -0.25) is 0 Å². The lowest BCUT2D eigenvalue weighted by molar-refractivity contribution is 0.0690. The number of halogens is 1. The van der Waals surface area contributed by atoms with E-state index in [1.165, 1.54) is 6.07 Å². The monoisotopic (exact) mass is 279 g/mol. The number of rotatable bonds is 2. The molecule has 1 aromatic heterocycles. The fourth-order valence-electron chi connectivity index (χ4n) is 0.741. The van der Waals surface area contributed by atoms with Crippen LogP contribution in [-0.4, -0.2) is 21.2 Å². The van der Waals surface area contributed by atoms with Gasteiger partial charge in [-0.1, -0.05) is 0 Å². The van der Waals surface area contributed by atoms with Crippen molar-refractivity contribution in [1.82, 2.24) is 4.98 Å². The quantitative estimate of drug-likeness (QED) is 0.788. The van der Waals surface area contributed by atoms with Crippen molar-refractivity contribution in [2.75, 3.05) is 0 Å². The van der Waals surface area contributed by atoms with Crippen LogP contribution >= 0.6 is 22.6 Å². The van der Waals surface area contributed by atoms with Crippen LogP contribution in [0, 0.1) is 3.57 Å². The number of nitrogens with zero attached hydrogens (tertiary/aromatic N) is 1. The molecule has 0 saturated carbocycles. The molecular formula is C7H6INO3. The van der Waals surface area contributed by atoms with Crippen molar-refractivity contribution in [3.63, 3.8) is 0 Å². The van der Waals surface area contributed by atoms with Gasteiger partial charge >= 0.3 is 5.97 Å². The van der Waals surface area contributed by atoms with Crippen LogP contribution < -0.4 is 0 Å². The van der Waals surface area contributed by atoms with Crippen LogP contribution in [0.1, 0.15) is 16.2 Å². The van der Waals surface area contributed by atoms with Crippen LogP contribution in [0.3, 0.4) is 0 Å². The third-order valence-corrected chi connectivity index (χ3v) is 1.85. The third kappa shape index (κ3) is 2.15. The fourth-order valence-corrected chi connectivity index (χ4v) is 1.40. The average molecular weight is 279 g/mol. The number of carboxylic acid groups (broad SMARTS) is 1. The second kappa shape index (κ2) is 3.81. The molecule has 0 bridgehead atoms. The Balaban J connectivity index is 3.15. The molecule has 1 heterocycles. The highest BCUT2D eigenvalue weighted by molar-refractivity contribution is 14.1. The highest BCUT2D eigenvalue weighted by Crippen LogP contribution is 2.08. The molecule has 1 rings (SSSR count). The Labute approximate surface area is 82.4 Å². The Morgan fingerprint density at radius 2 is 2.25 bits per heavy atom. The van der Waals surface area contributed by atoms with E-state index in [0.29, 0.717) is 5.69 Å². The lowest BCUT2D eigenvalue weighted by Gasteiger charge is -1.98. The summed E-state index contributed by atoms with van der Waals surface area (Å²) in [5.74, 6) is -1.08. The molecule has 64 valence electrons. The number of pyridine rings is 1. The number of carboxylic acids is 1. The Morgan fingerprint density at radius 1 is 1.58 bits per heavy atom. The van der Waals surface area contributed by atoms with Gasteiger partial charge in [0.1, 0.15) is 5.69 Å². The van der Waals surface area contributed by atoms with Gasteiger partial charge in [-0.25, -0.2) is 9.78 Å². The van der Waals surface area contributed by atoms with Gasteiger partial charge in [0.05, 0.1) is 12.3 Å². The number of hydrogen-bond donors (Lipinski definition) is 2. The topological polar surface area (TPSA) is 70.4 Å². The zero-order valence-electron chi connectivity index (χ0n) is 5.99. The van der Waals surface area contributed by atoms with Crippen LogP contribution in [-0.2, 0) is 6.61 Å². The summed E-state index contributed by atoms with van der Waals surface area (Å²) in [5, 5.41) is 17.3. The molecule has 12 heavy (non-hydrogen) atoms. The first-order valence-electron chi connectivity index (χ1n) is 3.14. The molecule has 0 aliphatic heterocycles. The van der Waals surface area contributed by atoms with Gasteiger partial charge in [0.2, 0.25) is 0 Å². The summed E-state index contributed by atoms with van der Waals surface area (Å²) in [6.07, 6.45) is 0. The second-order valence-corrected chi connectivity index (χ2v) is 3.37. The van der Waals surface area contributed by atoms with Crippen LogP contribution in [0.4, 0.5) is 0 Å². The predicted octanol–water partition coefficient (Wildman–Crippen LogP) is 0.877. The first kappa shape index (κ1) is 9.40. The van der Waals surface area contributed by atoms with Gasteiger partial charge in [0.25, 0.3) is 0 Å². The van der Waals surface area contributed by atoms with Gasteiger partial charge in [-0.15, -0.1) is 0 Å². The molecule has 0 amide bonds. The largest absolute Gasteiger partial charge is 0.477 e. The van der Waals surface area contributed by atoms with E-state index >= 15 is 0 Å². The standard InChI is InChI=1S/C7H6INO3/c8-4-1-5(3-10)9-6(2-4)7(11)12/h1-2,10H,3H2,(H,11,12). The highest BCUT2D eigenvalue weighted by atomic mass is 127. The maximum Gasteiger partial charge on any atom is 0.354 e. The molecule has 0 spiro atoms. The molecular weight excluding hydrogens is 273 g/mol. The average Bonchev–Trinajstić information content (AvgIpc) is 2.03. The van der Waals surface area contributed by atoms with E-state index < -0.39 is 5.97 Å². The lowest BCUT2D eigenvalue weighted by Crippen LogP contribution is -2.03. The summed E-state index contributed by atoms with van der Waals surface area (Å²) in [4.78, 5) is 14.2. The van der Waals surface area contributed by atoms with E-state index in [-0.39, 0.29) is 12.3 Å². The van der Waals surface area contributed by atoms with E-state index in [2.05, 4.69) is 4.98 Å². The molecule has 4 nitrogen and oxygen atoms in total. The Kier molecular flexibility index (Phi) is 2.99. The minimum atomic E-state index is -1.08. The highest BCUT2D eigenvalue weighted by Gasteiger charge is 2.06. The molecule has 5 heteroatoms. The molecule has 0 atom stereocenters. The molecule has 2 N–H and O–H groups in total. The van der Waals surface area contributed by atoms with E-state index in [0.717, 1.165) is 3.57 Å². The normalized spacial score (nSPS) is 9.83. The SMILES string of the molecule is O=C(O)c1cc(I)cc(CO)n1. The molecule has 0 fully saturated rings. The van der Waals surface area contributed by atoms with Crippen molar-refractivity contribution < 1.29 is 15.0 Å². The number of hydrogen-bond acceptors (Lipinski definition) is 3. The molecule has 0 saturated heterocycles. The summed E-state index contributed by atoms with van der Waals surface area (Å²) >= 11 is 1.97. The minimum Gasteiger partial charge on any atom is -0.477 e. The van der Waals surface area contributed by atoms with Gasteiger partial charge < -0.3 is 10.2 Å². The Hall–Kier alpha value is -0.690. The van der Waals surface area contributed by atoms with Gasteiger partial charge in [0, 0.05) is 3.57 Å². The van der Waals surface area contributed by atoms with Gasteiger partial charge in [-0.05, 0) is 34.7 Å². The minimum absolute atomic E-state index is 0.0362. The Morgan fingerprint density at radius 3 is 2.75 bits per heavy atom. The fraction of sp³-hybridized carbons (Fsp3) is 0.143.